The number of methoxy groups -OCH3 is 1. The number of halogens is 1. The fourth-order valence-corrected chi connectivity index (χ4v) is 2.11. The number of nitrogens with zero attached hydrogens (tertiary/aromatic N) is 1. The van der Waals surface area contributed by atoms with E-state index in [1.165, 1.54) is 19.2 Å². The maximum Gasteiger partial charge on any atom is 0.314 e. The number of nitrogens with one attached hydrogen (secondary N) is 2. The minimum atomic E-state index is -0.987. The van der Waals surface area contributed by atoms with Gasteiger partial charge in [0.1, 0.15) is 0 Å². The summed E-state index contributed by atoms with van der Waals surface area (Å²) in [7, 11) is 1.39. The van der Waals surface area contributed by atoms with E-state index in [2.05, 4.69) is 15.8 Å². The third kappa shape index (κ3) is 4.83. The Morgan fingerprint density at radius 3 is 2.92 bits per heavy atom. The van der Waals surface area contributed by atoms with Gasteiger partial charge in [-0.05, 0) is 18.2 Å². The van der Waals surface area contributed by atoms with Crippen LogP contribution in [-0.2, 0) is 9.63 Å². The molecule has 0 spiro atoms. The maximum absolute atomic E-state index is 13.7. The maximum atomic E-state index is 13.7. The summed E-state index contributed by atoms with van der Waals surface area (Å²) in [6, 6.07) is 4.02. The highest BCUT2D eigenvalue weighted by atomic mass is 19.1. The van der Waals surface area contributed by atoms with Gasteiger partial charge in [-0.1, -0.05) is 5.16 Å². The van der Waals surface area contributed by atoms with Crippen molar-refractivity contribution in [1.29, 1.82) is 0 Å². The zero-order valence-electron chi connectivity index (χ0n) is 13.0. The molecule has 8 nitrogen and oxygen atoms in total. The molecule has 0 saturated heterocycles. The Labute approximate surface area is 137 Å². The van der Waals surface area contributed by atoms with Gasteiger partial charge in [-0.15, -0.1) is 0 Å². The molecule has 1 heterocycles. The van der Waals surface area contributed by atoms with Crippen LogP contribution in [0.5, 0.6) is 5.75 Å². The Morgan fingerprint density at radius 1 is 1.46 bits per heavy atom. The van der Waals surface area contributed by atoms with E-state index >= 15 is 0 Å². The SMILES string of the molecule is COc1ccc(C2=NOC(CNC(=O)NCCC(=O)O)C2)cc1F. The predicted octanol–water partition coefficient (Wildman–Crippen LogP) is 1.10. The molecule has 0 fully saturated rings. The van der Waals surface area contributed by atoms with E-state index in [1.807, 2.05) is 0 Å². The number of ether oxygens (including phenoxy) is 1. The minimum absolute atomic E-state index is 0.0412. The van der Waals surface area contributed by atoms with E-state index in [0.717, 1.165) is 0 Å². The van der Waals surface area contributed by atoms with E-state index in [4.69, 9.17) is 14.7 Å². The van der Waals surface area contributed by atoms with Crippen LogP contribution in [0.25, 0.3) is 0 Å². The Morgan fingerprint density at radius 2 is 2.25 bits per heavy atom. The van der Waals surface area contributed by atoms with Crippen LogP contribution >= 0.6 is 0 Å². The Bertz CT molecular complexity index is 650. The number of amides is 2. The molecule has 0 aromatic heterocycles. The van der Waals surface area contributed by atoms with Crippen molar-refractivity contribution >= 4 is 17.7 Å². The summed E-state index contributed by atoms with van der Waals surface area (Å²) in [6.07, 6.45) is -0.0967. The quantitative estimate of drug-likeness (QED) is 0.689. The number of aliphatic carboxylic acids is 1. The van der Waals surface area contributed by atoms with Gasteiger partial charge >= 0.3 is 12.0 Å². The highest BCUT2D eigenvalue weighted by Crippen LogP contribution is 2.22. The van der Waals surface area contributed by atoms with Crippen LogP contribution in [0.4, 0.5) is 9.18 Å². The second-order valence-electron chi connectivity index (χ2n) is 5.10. The molecule has 1 aliphatic rings. The summed E-state index contributed by atoms with van der Waals surface area (Å²) in [5.41, 5.74) is 1.16. The van der Waals surface area contributed by atoms with Crippen LogP contribution in [0.3, 0.4) is 0 Å². The molecule has 1 unspecified atom stereocenters. The monoisotopic (exact) mass is 339 g/mol. The van der Waals surface area contributed by atoms with E-state index < -0.39 is 17.8 Å². The minimum Gasteiger partial charge on any atom is -0.494 e. The van der Waals surface area contributed by atoms with Crippen molar-refractivity contribution in [3.8, 4) is 5.75 Å². The average molecular weight is 339 g/mol. The van der Waals surface area contributed by atoms with Crippen LogP contribution in [0, 0.1) is 5.82 Å². The number of hydrogen-bond donors (Lipinski definition) is 3. The zero-order valence-corrected chi connectivity index (χ0v) is 13.0. The van der Waals surface area contributed by atoms with Gasteiger partial charge in [-0.2, -0.15) is 0 Å². The van der Waals surface area contributed by atoms with Crippen molar-refractivity contribution < 1.29 is 28.7 Å². The molecule has 0 aliphatic carbocycles. The summed E-state index contributed by atoms with van der Waals surface area (Å²) < 4.78 is 18.6. The third-order valence-corrected chi connectivity index (χ3v) is 3.33. The first kappa shape index (κ1) is 17.5. The van der Waals surface area contributed by atoms with Gasteiger partial charge in [0.05, 0.1) is 25.8 Å². The number of carboxylic acids is 1. The topological polar surface area (TPSA) is 109 Å². The molecule has 0 bridgehead atoms. The Balaban J connectivity index is 1.77. The van der Waals surface area contributed by atoms with E-state index in [9.17, 15) is 14.0 Å². The highest BCUT2D eigenvalue weighted by molar-refractivity contribution is 6.01. The van der Waals surface area contributed by atoms with Crippen molar-refractivity contribution in [2.45, 2.75) is 18.9 Å². The van der Waals surface area contributed by atoms with Gasteiger partial charge in [0, 0.05) is 18.5 Å². The van der Waals surface area contributed by atoms with Gasteiger partial charge in [0.25, 0.3) is 0 Å². The number of carboxylic acid groups (broad SMARTS) is 1. The fraction of sp³-hybridized carbons (Fsp3) is 0.400. The van der Waals surface area contributed by atoms with Gasteiger partial charge < -0.3 is 25.3 Å². The molecule has 0 saturated carbocycles. The first-order valence-corrected chi connectivity index (χ1v) is 7.29. The molecule has 2 rings (SSSR count). The van der Waals surface area contributed by atoms with Crippen molar-refractivity contribution in [1.82, 2.24) is 10.6 Å². The van der Waals surface area contributed by atoms with Crippen molar-refractivity contribution in [2.24, 2.45) is 5.16 Å². The van der Waals surface area contributed by atoms with E-state index in [-0.39, 0.29) is 31.4 Å². The molecule has 24 heavy (non-hydrogen) atoms. The molecule has 1 aromatic carbocycles. The Kier molecular flexibility index (Phi) is 5.94. The number of rotatable bonds is 7. The van der Waals surface area contributed by atoms with E-state index in [0.29, 0.717) is 17.7 Å². The average Bonchev–Trinajstić information content (AvgIpc) is 3.01. The normalized spacial score (nSPS) is 16.1. The molecular weight excluding hydrogens is 321 g/mol. The highest BCUT2D eigenvalue weighted by Gasteiger charge is 2.23. The first-order valence-electron chi connectivity index (χ1n) is 7.29. The number of urea groups is 1. The van der Waals surface area contributed by atoms with Crippen LogP contribution in [0.2, 0.25) is 0 Å². The largest absolute Gasteiger partial charge is 0.494 e. The second kappa shape index (κ2) is 8.14. The lowest BCUT2D eigenvalue weighted by molar-refractivity contribution is -0.136. The smallest absolute Gasteiger partial charge is 0.314 e. The van der Waals surface area contributed by atoms with Crippen molar-refractivity contribution in [3.63, 3.8) is 0 Å². The lowest BCUT2D eigenvalue weighted by Gasteiger charge is -2.10. The molecule has 0 radical (unpaired) electrons. The fourth-order valence-electron chi connectivity index (χ4n) is 2.11. The van der Waals surface area contributed by atoms with Crippen LogP contribution < -0.4 is 15.4 Å². The molecule has 1 aliphatic heterocycles. The van der Waals surface area contributed by atoms with Crippen LogP contribution in [0.15, 0.2) is 23.4 Å². The molecule has 9 heteroatoms. The van der Waals surface area contributed by atoms with Crippen LogP contribution in [-0.4, -0.2) is 49.1 Å². The lowest BCUT2D eigenvalue weighted by atomic mass is 10.0. The van der Waals surface area contributed by atoms with Crippen molar-refractivity contribution in [3.05, 3.63) is 29.6 Å². The lowest BCUT2D eigenvalue weighted by Crippen LogP contribution is -2.40. The van der Waals surface area contributed by atoms with Crippen molar-refractivity contribution in [2.75, 3.05) is 20.2 Å². The number of oxime groups is 1. The summed E-state index contributed by atoms with van der Waals surface area (Å²) >= 11 is 0. The predicted molar refractivity (Wildman–Crippen MR) is 82.6 cm³/mol. The number of hydrogen-bond acceptors (Lipinski definition) is 5. The molecule has 130 valence electrons. The third-order valence-electron chi connectivity index (χ3n) is 3.33. The first-order chi connectivity index (χ1) is 11.5. The van der Waals surface area contributed by atoms with Gasteiger partial charge in [-0.25, -0.2) is 9.18 Å². The summed E-state index contributed by atoms with van der Waals surface area (Å²) in [6.45, 7) is 0.240. The summed E-state index contributed by atoms with van der Waals surface area (Å²) in [5, 5.41) is 17.4. The molecular formula is C15H18FN3O5. The van der Waals surface area contributed by atoms with Crippen LogP contribution in [0.1, 0.15) is 18.4 Å². The second-order valence-corrected chi connectivity index (χ2v) is 5.10. The molecule has 3 N–H and O–H groups in total. The van der Waals surface area contributed by atoms with E-state index in [1.54, 1.807) is 6.07 Å². The Hall–Kier alpha value is -2.84. The van der Waals surface area contributed by atoms with Gasteiger partial charge in [0.2, 0.25) is 0 Å². The standard InChI is InChI=1S/C15H18FN3O5/c1-23-13-3-2-9(6-11(13)16)12-7-10(24-19-12)8-18-15(22)17-5-4-14(20)21/h2-3,6,10H,4-5,7-8H2,1H3,(H,20,21)(H2,17,18,22). The molecule has 1 aromatic rings. The number of carbonyl (C=O) groups excluding carboxylic acids is 1. The number of carbonyl (C=O) groups is 2. The van der Waals surface area contributed by atoms with Gasteiger partial charge in [-0.3, -0.25) is 4.79 Å². The van der Waals surface area contributed by atoms with Gasteiger partial charge in [0.15, 0.2) is 17.7 Å². The summed E-state index contributed by atoms with van der Waals surface area (Å²) in [5.74, 6) is -1.33. The molecule has 1 atom stereocenters. The molecule has 2 amide bonds. The zero-order chi connectivity index (χ0) is 17.5. The number of benzene rings is 1. The summed E-state index contributed by atoms with van der Waals surface area (Å²) in [4.78, 5) is 27.0.